The van der Waals surface area contributed by atoms with Gasteiger partial charge in [-0.25, -0.2) is 8.42 Å². The maximum absolute atomic E-state index is 12.5. The van der Waals surface area contributed by atoms with Crippen LogP contribution in [0.4, 0.5) is 0 Å². The van der Waals surface area contributed by atoms with Crippen molar-refractivity contribution in [1.29, 1.82) is 0 Å². The van der Waals surface area contributed by atoms with Crippen molar-refractivity contribution in [3.63, 3.8) is 0 Å². The minimum atomic E-state index is -3.43. The molecule has 1 aliphatic heterocycles. The zero-order valence-corrected chi connectivity index (χ0v) is 12.5. The van der Waals surface area contributed by atoms with Crippen LogP contribution in [0.15, 0.2) is 36.5 Å². The molecule has 0 aliphatic carbocycles. The maximum Gasteiger partial charge on any atom is 0.218 e. The van der Waals surface area contributed by atoms with E-state index in [-0.39, 0.29) is 12.3 Å². The molecule has 2 aromatic rings. The number of pyridine rings is 1. The van der Waals surface area contributed by atoms with E-state index in [9.17, 15) is 13.5 Å². The molecular weight excluding hydrogens is 288 g/mol. The van der Waals surface area contributed by atoms with Crippen molar-refractivity contribution in [3.8, 4) is 0 Å². The number of piperidine rings is 1. The number of aromatic nitrogens is 1. The molecular formula is C15H18N2O3S. The molecule has 0 saturated carbocycles. The summed E-state index contributed by atoms with van der Waals surface area (Å²) < 4.78 is 26.5. The van der Waals surface area contributed by atoms with E-state index in [1.165, 1.54) is 4.31 Å². The van der Waals surface area contributed by atoms with E-state index in [2.05, 4.69) is 4.98 Å². The second-order valence-corrected chi connectivity index (χ2v) is 7.37. The predicted octanol–water partition coefficient (Wildman–Crippen LogP) is 1.52. The first-order chi connectivity index (χ1) is 10.1. The highest BCUT2D eigenvalue weighted by Gasteiger charge is 2.28. The van der Waals surface area contributed by atoms with Gasteiger partial charge >= 0.3 is 0 Å². The fraction of sp³-hybridized carbons (Fsp3) is 0.400. The van der Waals surface area contributed by atoms with E-state index in [4.69, 9.17) is 0 Å². The molecule has 1 unspecified atom stereocenters. The van der Waals surface area contributed by atoms with E-state index < -0.39 is 16.1 Å². The minimum absolute atomic E-state index is 0.0753. The summed E-state index contributed by atoms with van der Waals surface area (Å²) in [6.07, 6.45) is 2.48. The summed E-state index contributed by atoms with van der Waals surface area (Å²) in [4.78, 5) is 4.29. The van der Waals surface area contributed by atoms with E-state index in [0.717, 1.165) is 10.9 Å². The first-order valence-corrected chi connectivity index (χ1v) is 8.66. The fourth-order valence-corrected chi connectivity index (χ4v) is 4.36. The number of sulfonamides is 1. The number of aliphatic hydroxyl groups is 1. The number of hydrogen-bond acceptors (Lipinski definition) is 4. The van der Waals surface area contributed by atoms with Gasteiger partial charge in [-0.3, -0.25) is 4.98 Å². The zero-order chi connectivity index (χ0) is 14.9. The Morgan fingerprint density at radius 1 is 1.29 bits per heavy atom. The number of benzene rings is 1. The Labute approximate surface area is 124 Å². The van der Waals surface area contributed by atoms with Crippen LogP contribution >= 0.6 is 0 Å². The molecule has 0 amide bonds. The van der Waals surface area contributed by atoms with E-state index in [1.807, 2.05) is 24.3 Å². The summed E-state index contributed by atoms with van der Waals surface area (Å²) in [5.41, 5.74) is 1.43. The van der Waals surface area contributed by atoms with E-state index >= 15 is 0 Å². The van der Waals surface area contributed by atoms with Crippen molar-refractivity contribution < 1.29 is 13.5 Å². The second kappa shape index (κ2) is 5.71. The third kappa shape index (κ3) is 3.07. The molecule has 1 atom stereocenters. The molecule has 0 spiro atoms. The molecule has 6 heteroatoms. The van der Waals surface area contributed by atoms with Gasteiger partial charge in [0.05, 0.1) is 17.4 Å². The molecule has 1 aromatic carbocycles. The first-order valence-electron chi connectivity index (χ1n) is 7.05. The molecule has 0 radical (unpaired) electrons. The van der Waals surface area contributed by atoms with Gasteiger partial charge in [0.1, 0.15) is 0 Å². The van der Waals surface area contributed by atoms with Gasteiger partial charge in [-0.1, -0.05) is 24.3 Å². The zero-order valence-electron chi connectivity index (χ0n) is 11.6. The number of rotatable bonds is 3. The van der Waals surface area contributed by atoms with Gasteiger partial charge in [0, 0.05) is 24.7 Å². The van der Waals surface area contributed by atoms with Gasteiger partial charge < -0.3 is 5.11 Å². The number of nitrogens with zero attached hydrogens (tertiary/aromatic N) is 2. The van der Waals surface area contributed by atoms with Gasteiger partial charge in [0.15, 0.2) is 0 Å². The van der Waals surface area contributed by atoms with Crippen LogP contribution in [0.2, 0.25) is 0 Å². The highest BCUT2D eigenvalue weighted by molar-refractivity contribution is 7.88. The number of β-amino-alcohol motifs (C(OH)–C–C–N with tert-alkyl or cyclic N) is 1. The van der Waals surface area contributed by atoms with Crippen molar-refractivity contribution in [2.75, 3.05) is 13.1 Å². The summed E-state index contributed by atoms with van der Waals surface area (Å²) in [6, 6.07) is 9.32. The van der Waals surface area contributed by atoms with E-state index in [1.54, 1.807) is 12.3 Å². The van der Waals surface area contributed by atoms with Crippen LogP contribution in [0.1, 0.15) is 18.4 Å². The molecule has 2 heterocycles. The number of fused-ring (bicyclic) bond motifs is 1. The van der Waals surface area contributed by atoms with Crippen LogP contribution in [0.25, 0.3) is 10.9 Å². The number of aliphatic hydroxyl groups excluding tert-OH is 1. The molecule has 1 aromatic heterocycles. The summed E-state index contributed by atoms with van der Waals surface area (Å²) in [7, 11) is -3.43. The van der Waals surface area contributed by atoms with Crippen LogP contribution in [0.5, 0.6) is 0 Å². The Morgan fingerprint density at radius 2 is 2.10 bits per heavy atom. The third-order valence-corrected chi connectivity index (χ3v) is 5.60. The lowest BCUT2D eigenvalue weighted by Crippen LogP contribution is -2.42. The summed E-state index contributed by atoms with van der Waals surface area (Å²) in [5, 5.41) is 10.6. The Kier molecular flexibility index (Phi) is 3.93. The van der Waals surface area contributed by atoms with Crippen molar-refractivity contribution >= 4 is 20.9 Å². The normalized spacial score (nSPS) is 20.7. The van der Waals surface area contributed by atoms with Crippen molar-refractivity contribution in [2.24, 2.45) is 0 Å². The molecule has 1 aliphatic rings. The van der Waals surface area contributed by atoms with Gasteiger partial charge in [-0.15, -0.1) is 0 Å². The standard InChI is InChI=1S/C15H18N2O3S/c18-14-7-3-9-17(10-14)21(19,20)11-13-5-1-4-12-6-2-8-16-15(12)13/h1-2,4-6,8,14,18H,3,7,9-11H2. The van der Waals surface area contributed by atoms with Crippen molar-refractivity contribution in [2.45, 2.75) is 24.7 Å². The lowest BCUT2D eigenvalue weighted by Gasteiger charge is -2.29. The molecule has 21 heavy (non-hydrogen) atoms. The largest absolute Gasteiger partial charge is 0.392 e. The minimum Gasteiger partial charge on any atom is -0.392 e. The number of hydrogen-bond donors (Lipinski definition) is 1. The lowest BCUT2D eigenvalue weighted by atomic mass is 10.1. The van der Waals surface area contributed by atoms with Crippen LogP contribution < -0.4 is 0 Å². The SMILES string of the molecule is O=S(=O)(Cc1cccc2cccnc12)N1CCCC(O)C1. The molecule has 1 N–H and O–H groups in total. The molecule has 3 rings (SSSR count). The van der Waals surface area contributed by atoms with Gasteiger partial charge in [-0.05, 0) is 24.5 Å². The van der Waals surface area contributed by atoms with Crippen molar-refractivity contribution in [3.05, 3.63) is 42.1 Å². The van der Waals surface area contributed by atoms with Crippen LogP contribution in [-0.2, 0) is 15.8 Å². The number of para-hydroxylation sites is 1. The average Bonchev–Trinajstić information content (AvgIpc) is 2.47. The third-order valence-electron chi connectivity index (χ3n) is 3.81. The van der Waals surface area contributed by atoms with Gasteiger partial charge in [0.25, 0.3) is 0 Å². The van der Waals surface area contributed by atoms with Crippen molar-refractivity contribution in [1.82, 2.24) is 9.29 Å². The Hall–Kier alpha value is -1.50. The van der Waals surface area contributed by atoms with Crippen LogP contribution in [0, 0.1) is 0 Å². The molecule has 1 saturated heterocycles. The topological polar surface area (TPSA) is 70.5 Å². The van der Waals surface area contributed by atoms with Crippen LogP contribution in [-0.4, -0.2) is 42.0 Å². The van der Waals surface area contributed by atoms with E-state index in [0.29, 0.717) is 24.9 Å². The molecule has 0 bridgehead atoms. The molecule has 5 nitrogen and oxygen atoms in total. The quantitative estimate of drug-likeness (QED) is 0.933. The smallest absolute Gasteiger partial charge is 0.218 e. The predicted molar refractivity (Wildman–Crippen MR) is 81.2 cm³/mol. The molecule has 112 valence electrons. The Bertz CT molecular complexity index is 740. The maximum atomic E-state index is 12.5. The first kappa shape index (κ1) is 14.4. The molecule has 1 fully saturated rings. The average molecular weight is 306 g/mol. The summed E-state index contributed by atoms with van der Waals surface area (Å²) in [6.45, 7) is 0.679. The summed E-state index contributed by atoms with van der Waals surface area (Å²) >= 11 is 0. The fourth-order valence-electron chi connectivity index (χ4n) is 2.75. The van der Waals surface area contributed by atoms with Crippen LogP contribution in [0.3, 0.4) is 0 Å². The van der Waals surface area contributed by atoms with Gasteiger partial charge in [-0.2, -0.15) is 4.31 Å². The summed E-state index contributed by atoms with van der Waals surface area (Å²) in [5.74, 6) is -0.0753. The Balaban J connectivity index is 1.90. The lowest BCUT2D eigenvalue weighted by molar-refractivity contribution is 0.108. The highest BCUT2D eigenvalue weighted by Crippen LogP contribution is 2.22. The highest BCUT2D eigenvalue weighted by atomic mass is 32.2. The van der Waals surface area contributed by atoms with Gasteiger partial charge in [0.2, 0.25) is 10.0 Å². The Morgan fingerprint density at radius 3 is 2.90 bits per heavy atom. The monoisotopic (exact) mass is 306 g/mol. The second-order valence-electron chi connectivity index (χ2n) is 5.40.